The van der Waals surface area contributed by atoms with Crippen molar-refractivity contribution in [3.8, 4) is 17.0 Å². The Hall–Kier alpha value is -2.37. The largest absolute Gasteiger partial charge is 0.494 e. The van der Waals surface area contributed by atoms with E-state index in [1.54, 1.807) is 24.3 Å². The summed E-state index contributed by atoms with van der Waals surface area (Å²) in [4.78, 5) is 17.9. The fourth-order valence-corrected chi connectivity index (χ4v) is 3.46. The van der Waals surface area contributed by atoms with Crippen LogP contribution in [0, 0.1) is 6.92 Å². The Morgan fingerprint density at radius 2 is 1.92 bits per heavy atom. The van der Waals surface area contributed by atoms with E-state index in [2.05, 4.69) is 10.3 Å². The lowest BCUT2D eigenvalue weighted by atomic mass is 10.1. The molecule has 1 heterocycles. The summed E-state index contributed by atoms with van der Waals surface area (Å²) in [7, 11) is 0. The van der Waals surface area contributed by atoms with E-state index in [0.29, 0.717) is 22.3 Å². The lowest BCUT2D eigenvalue weighted by molar-refractivity contribution is 0.102. The Balaban J connectivity index is 1.80. The molecule has 0 aliphatic carbocycles. The summed E-state index contributed by atoms with van der Waals surface area (Å²) in [6.45, 7) is 4.56. The number of nitrogens with zero attached hydrogens (tertiary/aromatic N) is 1. The summed E-state index contributed by atoms with van der Waals surface area (Å²) in [5, 5.41) is 3.79. The summed E-state index contributed by atoms with van der Waals surface area (Å²) >= 11 is 7.50. The molecule has 6 heteroatoms. The summed E-state index contributed by atoms with van der Waals surface area (Å²) in [6.07, 6.45) is 0. The molecule has 3 rings (SSSR count). The first-order valence-corrected chi connectivity index (χ1v) is 9.04. The van der Waals surface area contributed by atoms with Crippen molar-refractivity contribution < 1.29 is 9.53 Å². The van der Waals surface area contributed by atoms with Gasteiger partial charge in [-0.2, -0.15) is 0 Å². The third-order valence-electron chi connectivity index (χ3n) is 3.57. The monoisotopic (exact) mass is 372 g/mol. The molecule has 0 saturated heterocycles. The van der Waals surface area contributed by atoms with Crippen LogP contribution in [0.15, 0.2) is 48.5 Å². The number of ether oxygens (including phenoxy) is 1. The van der Waals surface area contributed by atoms with Crippen LogP contribution in [0.5, 0.6) is 5.75 Å². The molecular weight excluding hydrogens is 356 g/mol. The maximum absolute atomic E-state index is 12.4. The number of carbonyl (C=O) groups excluding carboxylic acids is 1. The summed E-state index contributed by atoms with van der Waals surface area (Å²) in [5.41, 5.74) is 2.26. The fraction of sp³-hybridized carbons (Fsp3) is 0.158. The quantitative estimate of drug-likeness (QED) is 0.650. The van der Waals surface area contributed by atoms with Gasteiger partial charge in [-0.3, -0.25) is 10.1 Å². The highest BCUT2D eigenvalue weighted by Crippen LogP contribution is 2.31. The van der Waals surface area contributed by atoms with E-state index in [9.17, 15) is 4.79 Å². The van der Waals surface area contributed by atoms with Crippen LogP contribution in [0.3, 0.4) is 0 Å². The Bertz CT molecular complexity index is 891. The average Bonchev–Trinajstić information content (AvgIpc) is 2.96. The minimum atomic E-state index is -0.266. The predicted molar refractivity (Wildman–Crippen MR) is 103 cm³/mol. The highest BCUT2D eigenvalue weighted by atomic mass is 35.5. The van der Waals surface area contributed by atoms with Crippen LogP contribution < -0.4 is 10.1 Å². The topological polar surface area (TPSA) is 51.2 Å². The van der Waals surface area contributed by atoms with Crippen molar-refractivity contribution in [2.75, 3.05) is 11.9 Å². The number of anilines is 1. The normalized spacial score (nSPS) is 10.5. The predicted octanol–water partition coefficient (Wildman–Crippen LogP) is 5.42. The molecule has 0 radical (unpaired) electrons. The lowest BCUT2D eigenvalue weighted by Crippen LogP contribution is -2.12. The van der Waals surface area contributed by atoms with E-state index in [1.807, 2.05) is 38.1 Å². The molecule has 25 heavy (non-hydrogen) atoms. The number of aryl methyl sites for hydroxylation is 1. The second-order valence-corrected chi connectivity index (χ2v) is 6.93. The molecule has 0 unspecified atom stereocenters. The third kappa shape index (κ3) is 4.00. The first-order chi connectivity index (χ1) is 12.1. The molecule has 0 aliphatic rings. The van der Waals surface area contributed by atoms with Gasteiger partial charge in [0.2, 0.25) is 0 Å². The highest BCUT2D eigenvalue weighted by molar-refractivity contribution is 7.16. The Kier molecular flexibility index (Phi) is 5.36. The molecule has 0 bridgehead atoms. The van der Waals surface area contributed by atoms with E-state index in [4.69, 9.17) is 16.3 Å². The molecule has 1 N–H and O–H groups in total. The average molecular weight is 373 g/mol. The van der Waals surface area contributed by atoms with Crippen molar-refractivity contribution in [3.63, 3.8) is 0 Å². The van der Waals surface area contributed by atoms with E-state index in [-0.39, 0.29) is 5.91 Å². The fourth-order valence-electron chi connectivity index (χ4n) is 2.40. The number of nitrogens with one attached hydrogen (secondary N) is 1. The number of aromatic nitrogens is 1. The minimum absolute atomic E-state index is 0.266. The molecule has 0 atom stereocenters. The maximum atomic E-state index is 12.4. The second-order valence-electron chi connectivity index (χ2n) is 5.32. The van der Waals surface area contributed by atoms with Crippen molar-refractivity contribution >= 4 is 34.0 Å². The number of hydrogen-bond acceptors (Lipinski definition) is 4. The number of benzene rings is 2. The molecule has 0 fully saturated rings. The molecule has 3 aromatic rings. The Morgan fingerprint density at radius 3 is 2.60 bits per heavy atom. The first-order valence-electron chi connectivity index (χ1n) is 7.85. The van der Waals surface area contributed by atoms with Crippen LogP contribution in [-0.2, 0) is 0 Å². The smallest absolute Gasteiger partial charge is 0.258 e. The van der Waals surface area contributed by atoms with Crippen LogP contribution in [0.2, 0.25) is 5.02 Å². The molecule has 128 valence electrons. The van der Waals surface area contributed by atoms with Crippen LogP contribution in [-0.4, -0.2) is 17.5 Å². The minimum Gasteiger partial charge on any atom is -0.494 e. The molecular formula is C19H17ClN2O2S. The van der Waals surface area contributed by atoms with Gasteiger partial charge in [-0.1, -0.05) is 23.7 Å². The van der Waals surface area contributed by atoms with Crippen molar-refractivity contribution in [3.05, 3.63) is 64.0 Å². The van der Waals surface area contributed by atoms with Crippen molar-refractivity contribution in [2.24, 2.45) is 0 Å². The summed E-state index contributed by atoms with van der Waals surface area (Å²) < 4.78 is 5.46. The zero-order chi connectivity index (χ0) is 17.8. The number of thiazole rings is 1. The van der Waals surface area contributed by atoms with E-state index in [1.165, 1.54) is 11.3 Å². The van der Waals surface area contributed by atoms with Gasteiger partial charge in [-0.25, -0.2) is 4.98 Å². The van der Waals surface area contributed by atoms with Gasteiger partial charge in [0.1, 0.15) is 5.75 Å². The van der Waals surface area contributed by atoms with Crippen molar-refractivity contribution in [1.82, 2.24) is 4.98 Å². The standard InChI is InChI=1S/C19H17ClN2O2S/c1-3-24-14-10-8-13(9-11-14)17-12(2)25-19(21-17)22-18(23)15-6-4-5-7-16(15)20/h4-11H,3H2,1-2H3,(H,21,22,23). The maximum Gasteiger partial charge on any atom is 0.258 e. The van der Waals surface area contributed by atoms with Gasteiger partial charge in [0.15, 0.2) is 5.13 Å². The SMILES string of the molecule is CCOc1ccc(-c2nc(NC(=O)c3ccccc3Cl)sc2C)cc1. The molecule has 4 nitrogen and oxygen atoms in total. The number of halogens is 1. The number of carbonyl (C=O) groups is 1. The number of hydrogen-bond donors (Lipinski definition) is 1. The van der Waals surface area contributed by atoms with E-state index >= 15 is 0 Å². The van der Waals surface area contributed by atoms with Gasteiger partial charge in [0.25, 0.3) is 5.91 Å². The van der Waals surface area contributed by atoms with Gasteiger partial charge in [0, 0.05) is 10.4 Å². The molecule has 0 saturated carbocycles. The van der Waals surface area contributed by atoms with Gasteiger partial charge < -0.3 is 4.74 Å². The van der Waals surface area contributed by atoms with E-state index < -0.39 is 0 Å². The molecule has 1 aromatic heterocycles. The van der Waals surface area contributed by atoms with Gasteiger partial charge in [0.05, 0.1) is 22.9 Å². The van der Waals surface area contributed by atoms with Crippen LogP contribution in [0.1, 0.15) is 22.2 Å². The Labute approximate surface area is 155 Å². The third-order valence-corrected chi connectivity index (χ3v) is 4.79. The summed E-state index contributed by atoms with van der Waals surface area (Å²) in [5.74, 6) is 0.559. The van der Waals surface area contributed by atoms with Gasteiger partial charge in [-0.05, 0) is 50.2 Å². The van der Waals surface area contributed by atoms with Crippen LogP contribution in [0.25, 0.3) is 11.3 Å². The zero-order valence-electron chi connectivity index (χ0n) is 13.9. The van der Waals surface area contributed by atoms with Gasteiger partial charge in [-0.15, -0.1) is 11.3 Å². The van der Waals surface area contributed by atoms with Gasteiger partial charge >= 0.3 is 0 Å². The molecule has 0 aliphatic heterocycles. The second kappa shape index (κ2) is 7.68. The number of amides is 1. The van der Waals surface area contributed by atoms with E-state index in [0.717, 1.165) is 21.9 Å². The van der Waals surface area contributed by atoms with Crippen LogP contribution in [0.4, 0.5) is 5.13 Å². The number of rotatable bonds is 5. The molecule has 1 amide bonds. The molecule has 0 spiro atoms. The summed E-state index contributed by atoms with van der Waals surface area (Å²) in [6, 6.07) is 14.7. The first kappa shape index (κ1) is 17.5. The van der Waals surface area contributed by atoms with Crippen molar-refractivity contribution in [2.45, 2.75) is 13.8 Å². The Morgan fingerprint density at radius 1 is 1.20 bits per heavy atom. The highest BCUT2D eigenvalue weighted by Gasteiger charge is 2.15. The van der Waals surface area contributed by atoms with Crippen LogP contribution >= 0.6 is 22.9 Å². The van der Waals surface area contributed by atoms with Crippen molar-refractivity contribution in [1.29, 1.82) is 0 Å². The zero-order valence-corrected chi connectivity index (χ0v) is 15.4. The lowest BCUT2D eigenvalue weighted by Gasteiger charge is -2.04. The molecule has 2 aromatic carbocycles.